The van der Waals surface area contributed by atoms with Crippen LogP contribution in [0.4, 0.5) is 0 Å². The van der Waals surface area contributed by atoms with Gasteiger partial charge in [0.15, 0.2) is 23.0 Å². The third kappa shape index (κ3) is 6.80. The van der Waals surface area contributed by atoms with Crippen molar-refractivity contribution in [2.45, 2.75) is 16.2 Å². The number of ether oxygens (including phenoxy) is 3. The predicted molar refractivity (Wildman–Crippen MR) is 106 cm³/mol. The number of thioether (sulfide) groups is 2. The summed E-state index contributed by atoms with van der Waals surface area (Å²) in [6.07, 6.45) is 0.297. The van der Waals surface area contributed by atoms with Gasteiger partial charge in [0, 0.05) is 21.3 Å². The Kier molecular flexibility index (Phi) is 8.47. The Morgan fingerprint density at radius 3 is 1.93 bits per heavy atom. The molecule has 6 nitrogen and oxygen atoms in total. The van der Waals surface area contributed by atoms with Crippen molar-refractivity contribution < 1.29 is 29.2 Å². The number of phenols is 2. The molecule has 2 N–H and O–H groups in total. The average Bonchev–Trinajstić information content (AvgIpc) is 2.67. The number of hydrogen-bond donors (Lipinski definition) is 2. The van der Waals surface area contributed by atoms with Crippen LogP contribution in [0.5, 0.6) is 23.0 Å². The highest BCUT2D eigenvalue weighted by molar-refractivity contribution is 7.99. The van der Waals surface area contributed by atoms with Crippen LogP contribution in [-0.2, 0) is 9.53 Å². The van der Waals surface area contributed by atoms with Gasteiger partial charge in [-0.15, -0.1) is 23.5 Å². The summed E-state index contributed by atoms with van der Waals surface area (Å²) >= 11 is 3.01. The van der Waals surface area contributed by atoms with Crippen molar-refractivity contribution in [2.75, 3.05) is 32.3 Å². The quantitative estimate of drug-likeness (QED) is 0.346. The highest BCUT2D eigenvalue weighted by Gasteiger charge is 2.07. The maximum absolute atomic E-state index is 11.8. The first-order chi connectivity index (χ1) is 13.0. The zero-order valence-corrected chi connectivity index (χ0v) is 16.8. The SMILES string of the molecule is COc1cc(SCCOC(=O)CCSc2ccc(O)c(OC)c2)ccc1O. The van der Waals surface area contributed by atoms with E-state index in [1.54, 1.807) is 36.4 Å². The highest BCUT2D eigenvalue weighted by atomic mass is 32.2. The Bertz CT molecular complexity index is 766. The number of benzene rings is 2. The molecule has 0 bridgehead atoms. The fourth-order valence-corrected chi connectivity index (χ4v) is 3.75. The molecule has 2 aromatic rings. The van der Waals surface area contributed by atoms with E-state index < -0.39 is 0 Å². The summed E-state index contributed by atoms with van der Waals surface area (Å²) < 4.78 is 15.3. The number of carbonyl (C=O) groups excluding carboxylic acids is 1. The molecule has 146 valence electrons. The number of esters is 1. The van der Waals surface area contributed by atoms with Crippen LogP contribution in [0, 0.1) is 0 Å². The lowest BCUT2D eigenvalue weighted by Gasteiger charge is -2.08. The second kappa shape index (κ2) is 10.8. The van der Waals surface area contributed by atoms with Crippen LogP contribution < -0.4 is 9.47 Å². The number of carbonyl (C=O) groups is 1. The van der Waals surface area contributed by atoms with Gasteiger partial charge >= 0.3 is 5.97 Å². The van der Waals surface area contributed by atoms with Gasteiger partial charge in [-0.05, 0) is 36.4 Å². The van der Waals surface area contributed by atoms with E-state index in [1.807, 2.05) is 0 Å². The third-order valence-corrected chi connectivity index (χ3v) is 5.45. The molecule has 0 amide bonds. The zero-order chi connectivity index (χ0) is 19.6. The summed E-state index contributed by atoms with van der Waals surface area (Å²) in [4.78, 5) is 13.6. The number of methoxy groups -OCH3 is 2. The van der Waals surface area contributed by atoms with Crippen LogP contribution in [0.3, 0.4) is 0 Å². The molecular formula is C19H22O6S2. The van der Waals surface area contributed by atoms with Crippen LogP contribution in [-0.4, -0.2) is 48.5 Å². The zero-order valence-electron chi connectivity index (χ0n) is 15.1. The second-order valence-corrected chi connectivity index (χ2v) is 7.67. The van der Waals surface area contributed by atoms with Crippen molar-refractivity contribution in [3.05, 3.63) is 36.4 Å². The minimum atomic E-state index is -0.253. The first-order valence-electron chi connectivity index (χ1n) is 8.18. The van der Waals surface area contributed by atoms with Gasteiger partial charge in [0.2, 0.25) is 0 Å². The lowest BCUT2D eigenvalue weighted by molar-refractivity contribution is -0.142. The number of rotatable bonds is 10. The summed E-state index contributed by atoms with van der Waals surface area (Å²) in [6.45, 7) is 0.310. The second-order valence-electron chi connectivity index (χ2n) is 5.33. The Balaban J connectivity index is 1.65. The molecule has 0 aliphatic heterocycles. The minimum absolute atomic E-state index is 0.0880. The van der Waals surface area contributed by atoms with Gasteiger partial charge in [-0.3, -0.25) is 4.79 Å². The largest absolute Gasteiger partial charge is 0.504 e. The lowest BCUT2D eigenvalue weighted by Crippen LogP contribution is -2.08. The molecule has 0 aliphatic carbocycles. The van der Waals surface area contributed by atoms with E-state index in [4.69, 9.17) is 14.2 Å². The van der Waals surface area contributed by atoms with Gasteiger partial charge in [0.05, 0.1) is 20.6 Å². The smallest absolute Gasteiger partial charge is 0.306 e. The van der Waals surface area contributed by atoms with E-state index in [2.05, 4.69) is 0 Å². The van der Waals surface area contributed by atoms with Gasteiger partial charge in [-0.1, -0.05) is 0 Å². The van der Waals surface area contributed by atoms with Crippen LogP contribution in [0.15, 0.2) is 46.2 Å². The molecule has 0 heterocycles. The highest BCUT2D eigenvalue weighted by Crippen LogP contribution is 2.32. The van der Waals surface area contributed by atoms with Gasteiger partial charge in [-0.2, -0.15) is 0 Å². The van der Waals surface area contributed by atoms with Crippen molar-refractivity contribution >= 4 is 29.5 Å². The summed E-state index contributed by atoms with van der Waals surface area (Å²) in [7, 11) is 2.99. The Hall–Kier alpha value is -2.19. The monoisotopic (exact) mass is 410 g/mol. The van der Waals surface area contributed by atoms with Crippen molar-refractivity contribution in [3.63, 3.8) is 0 Å². The van der Waals surface area contributed by atoms with E-state index in [9.17, 15) is 15.0 Å². The Morgan fingerprint density at radius 1 is 0.889 bits per heavy atom. The van der Waals surface area contributed by atoms with Gasteiger partial charge in [0.1, 0.15) is 6.61 Å². The fraction of sp³-hybridized carbons (Fsp3) is 0.316. The number of hydrogen-bond acceptors (Lipinski definition) is 8. The predicted octanol–water partition coefficient (Wildman–Crippen LogP) is 3.93. The Labute approximate surface area is 166 Å². The molecule has 0 atom stereocenters. The summed E-state index contributed by atoms with van der Waals surface area (Å²) in [6, 6.07) is 10.2. The van der Waals surface area contributed by atoms with Crippen molar-refractivity contribution in [1.82, 2.24) is 0 Å². The van der Waals surface area contributed by atoms with E-state index >= 15 is 0 Å². The fourth-order valence-electron chi connectivity index (χ4n) is 2.13. The number of phenolic OH excluding ortho intramolecular Hbond substituents is 2. The molecule has 0 aromatic heterocycles. The number of aromatic hydroxyl groups is 2. The molecule has 0 saturated heterocycles. The van der Waals surface area contributed by atoms with E-state index in [0.717, 1.165) is 9.79 Å². The third-order valence-electron chi connectivity index (χ3n) is 3.49. The van der Waals surface area contributed by atoms with Crippen LogP contribution in [0.2, 0.25) is 0 Å². The summed E-state index contributed by atoms with van der Waals surface area (Å²) in [5.74, 6) is 1.95. The van der Waals surface area contributed by atoms with Crippen LogP contribution in [0.1, 0.15) is 6.42 Å². The topological polar surface area (TPSA) is 85.2 Å². The van der Waals surface area contributed by atoms with Crippen molar-refractivity contribution in [3.8, 4) is 23.0 Å². The molecule has 0 unspecified atom stereocenters. The maximum atomic E-state index is 11.8. The molecular weight excluding hydrogens is 388 g/mol. The van der Waals surface area contributed by atoms with E-state index in [-0.39, 0.29) is 17.5 Å². The Morgan fingerprint density at radius 2 is 1.41 bits per heavy atom. The average molecular weight is 411 g/mol. The molecule has 2 rings (SSSR count). The van der Waals surface area contributed by atoms with Crippen LogP contribution >= 0.6 is 23.5 Å². The van der Waals surface area contributed by atoms with Crippen molar-refractivity contribution in [2.24, 2.45) is 0 Å². The molecule has 0 spiro atoms. The molecule has 2 aromatic carbocycles. The van der Waals surface area contributed by atoms with Gasteiger partial charge < -0.3 is 24.4 Å². The maximum Gasteiger partial charge on any atom is 0.306 e. The lowest BCUT2D eigenvalue weighted by atomic mass is 10.3. The molecule has 0 aliphatic rings. The minimum Gasteiger partial charge on any atom is -0.504 e. The van der Waals surface area contributed by atoms with Crippen LogP contribution in [0.25, 0.3) is 0 Å². The van der Waals surface area contributed by atoms with E-state index in [0.29, 0.717) is 36.0 Å². The first-order valence-corrected chi connectivity index (χ1v) is 10.2. The summed E-state index contributed by atoms with van der Waals surface area (Å²) in [5, 5.41) is 19.1. The van der Waals surface area contributed by atoms with Crippen molar-refractivity contribution in [1.29, 1.82) is 0 Å². The molecule has 0 saturated carbocycles. The molecule has 0 radical (unpaired) electrons. The normalized spacial score (nSPS) is 10.4. The van der Waals surface area contributed by atoms with E-state index in [1.165, 1.54) is 37.7 Å². The van der Waals surface area contributed by atoms with Gasteiger partial charge in [0.25, 0.3) is 0 Å². The summed E-state index contributed by atoms with van der Waals surface area (Å²) in [5.41, 5.74) is 0. The molecule has 27 heavy (non-hydrogen) atoms. The standard InChI is InChI=1S/C19H22O6S2/c1-23-17-11-13(3-5-15(17)20)26-9-7-19(22)25-8-10-27-14-4-6-16(21)18(12-14)24-2/h3-6,11-12,20-21H,7-10H2,1-2H3. The first kappa shape index (κ1) is 21.1. The molecule has 0 fully saturated rings. The molecule has 8 heteroatoms. The van der Waals surface area contributed by atoms with Gasteiger partial charge in [-0.25, -0.2) is 0 Å².